The van der Waals surface area contributed by atoms with Gasteiger partial charge in [-0.2, -0.15) is 0 Å². The van der Waals surface area contributed by atoms with Crippen LogP contribution < -0.4 is 5.73 Å². The normalized spacial score (nSPS) is 13.8. The summed E-state index contributed by atoms with van der Waals surface area (Å²) in [7, 11) is -1.02. The molecule has 1 atom stereocenters. The molecule has 0 radical (unpaired) electrons. The fraction of sp³-hybridized carbons (Fsp3) is 0.571. The van der Waals surface area contributed by atoms with Crippen LogP contribution in [0.1, 0.15) is 22.7 Å². The molecule has 4 nitrogen and oxygen atoms in total. The summed E-state index contributed by atoms with van der Waals surface area (Å²) >= 11 is 0. The molecule has 1 aromatic carbocycles. The van der Waals surface area contributed by atoms with Crippen molar-refractivity contribution in [3.05, 3.63) is 34.9 Å². The van der Waals surface area contributed by atoms with Crippen LogP contribution in [0.2, 0.25) is 0 Å². The van der Waals surface area contributed by atoms with E-state index in [-0.39, 0.29) is 11.8 Å². The minimum absolute atomic E-state index is 0.0571. The number of likely N-dealkylation sites (N-methyl/N-ethyl adjacent to an activating group) is 1. The molecule has 1 unspecified atom stereocenters. The Hall–Kier alpha value is -0.910. The van der Waals surface area contributed by atoms with Crippen LogP contribution >= 0.6 is 0 Å². The first-order chi connectivity index (χ1) is 8.76. The van der Waals surface area contributed by atoms with Gasteiger partial charge in [-0.3, -0.25) is 4.90 Å². The Morgan fingerprint density at radius 1 is 1.32 bits per heavy atom. The maximum Gasteiger partial charge on any atom is 0.148 e. The van der Waals surface area contributed by atoms with Crippen LogP contribution in [0.4, 0.5) is 0 Å². The second-order valence-corrected chi connectivity index (χ2v) is 7.41. The summed E-state index contributed by atoms with van der Waals surface area (Å²) in [4.78, 5) is 2.02. The average molecular weight is 284 g/mol. The molecule has 0 bridgehead atoms. The summed E-state index contributed by atoms with van der Waals surface area (Å²) < 4.78 is 22.5. The van der Waals surface area contributed by atoms with E-state index in [1.807, 2.05) is 18.0 Å². The average Bonchev–Trinajstić information content (AvgIpc) is 2.32. The molecule has 0 saturated heterocycles. The van der Waals surface area contributed by atoms with Crippen LogP contribution in [0.25, 0.3) is 0 Å². The zero-order valence-electron chi connectivity index (χ0n) is 12.2. The summed E-state index contributed by atoms with van der Waals surface area (Å²) in [6.07, 6.45) is 1.26. The summed E-state index contributed by atoms with van der Waals surface area (Å²) in [5.41, 5.74) is 9.51. The van der Waals surface area contributed by atoms with E-state index in [1.54, 1.807) is 0 Å². The van der Waals surface area contributed by atoms with Crippen LogP contribution in [0.15, 0.2) is 18.2 Å². The number of aryl methyl sites for hydroxylation is 1. The standard InChI is InChI=1S/C14H24N2O2S/c1-11-6-5-7-13(12(11)2)14(10-15)16(3)8-9-19(4,17)18/h5-7,14H,8-10,15H2,1-4H3. The minimum atomic E-state index is -2.94. The number of sulfone groups is 1. The fourth-order valence-electron chi connectivity index (χ4n) is 2.14. The number of nitrogens with zero attached hydrogens (tertiary/aromatic N) is 1. The van der Waals surface area contributed by atoms with Gasteiger partial charge in [-0.15, -0.1) is 0 Å². The van der Waals surface area contributed by atoms with Gasteiger partial charge in [0.15, 0.2) is 0 Å². The summed E-state index contributed by atoms with van der Waals surface area (Å²) in [5, 5.41) is 0. The molecule has 0 aliphatic carbocycles. The third kappa shape index (κ3) is 4.60. The van der Waals surface area contributed by atoms with Crippen LogP contribution in [-0.2, 0) is 9.84 Å². The smallest absolute Gasteiger partial charge is 0.148 e. The van der Waals surface area contributed by atoms with E-state index in [1.165, 1.54) is 22.9 Å². The number of benzene rings is 1. The highest BCUT2D eigenvalue weighted by atomic mass is 32.2. The van der Waals surface area contributed by atoms with Gasteiger partial charge in [-0.05, 0) is 37.6 Å². The molecule has 0 aromatic heterocycles. The maximum atomic E-state index is 11.2. The Morgan fingerprint density at radius 3 is 2.47 bits per heavy atom. The SMILES string of the molecule is Cc1cccc(C(CN)N(C)CCS(C)(=O)=O)c1C. The van der Waals surface area contributed by atoms with E-state index in [9.17, 15) is 8.42 Å². The molecule has 1 rings (SSSR count). The van der Waals surface area contributed by atoms with Crippen molar-refractivity contribution in [2.24, 2.45) is 5.73 Å². The molecule has 0 spiro atoms. The summed E-state index contributed by atoms with van der Waals surface area (Å²) in [6.45, 7) is 5.12. The molecule has 5 heteroatoms. The quantitative estimate of drug-likeness (QED) is 0.855. The number of hydrogen-bond donors (Lipinski definition) is 1. The van der Waals surface area contributed by atoms with Crippen LogP contribution in [0.3, 0.4) is 0 Å². The second kappa shape index (κ2) is 6.50. The highest BCUT2D eigenvalue weighted by molar-refractivity contribution is 7.90. The minimum Gasteiger partial charge on any atom is -0.329 e. The number of hydrogen-bond acceptors (Lipinski definition) is 4. The van der Waals surface area contributed by atoms with Crippen molar-refractivity contribution in [2.75, 3.05) is 32.1 Å². The van der Waals surface area contributed by atoms with Crippen molar-refractivity contribution in [1.29, 1.82) is 0 Å². The van der Waals surface area contributed by atoms with E-state index in [2.05, 4.69) is 26.0 Å². The zero-order valence-corrected chi connectivity index (χ0v) is 13.0. The summed E-state index contributed by atoms with van der Waals surface area (Å²) in [6, 6.07) is 6.21. The lowest BCUT2D eigenvalue weighted by molar-refractivity contribution is 0.263. The van der Waals surface area contributed by atoms with Gasteiger partial charge in [0.1, 0.15) is 9.84 Å². The molecule has 0 aliphatic rings. The van der Waals surface area contributed by atoms with Crippen LogP contribution in [0, 0.1) is 13.8 Å². The first kappa shape index (κ1) is 16.1. The van der Waals surface area contributed by atoms with Crippen molar-refractivity contribution in [3.8, 4) is 0 Å². The van der Waals surface area contributed by atoms with Crippen molar-refractivity contribution in [1.82, 2.24) is 4.90 Å². The number of rotatable bonds is 6. The monoisotopic (exact) mass is 284 g/mol. The third-order valence-electron chi connectivity index (χ3n) is 3.58. The maximum absolute atomic E-state index is 11.2. The lowest BCUT2D eigenvalue weighted by atomic mass is 9.96. The number of nitrogens with two attached hydrogens (primary N) is 1. The molecule has 0 saturated carbocycles. The van der Waals surface area contributed by atoms with E-state index in [0.717, 1.165) is 0 Å². The van der Waals surface area contributed by atoms with E-state index in [0.29, 0.717) is 13.1 Å². The topological polar surface area (TPSA) is 63.4 Å². The Labute approximate surface area is 116 Å². The first-order valence-corrected chi connectivity index (χ1v) is 8.46. The predicted octanol–water partition coefficient (Wildman–Crippen LogP) is 1.28. The van der Waals surface area contributed by atoms with Crippen molar-refractivity contribution in [3.63, 3.8) is 0 Å². The molecule has 0 heterocycles. The molecule has 1 aromatic rings. The Balaban J connectivity index is 2.91. The highest BCUT2D eigenvalue weighted by Gasteiger charge is 2.18. The Bertz CT molecular complexity index is 526. The van der Waals surface area contributed by atoms with Crippen molar-refractivity contribution in [2.45, 2.75) is 19.9 Å². The predicted molar refractivity (Wildman–Crippen MR) is 80.1 cm³/mol. The largest absolute Gasteiger partial charge is 0.329 e. The van der Waals surface area contributed by atoms with E-state index in [4.69, 9.17) is 5.73 Å². The molecule has 0 amide bonds. The molecular weight excluding hydrogens is 260 g/mol. The molecule has 0 aliphatic heterocycles. The van der Waals surface area contributed by atoms with Crippen LogP contribution in [0.5, 0.6) is 0 Å². The van der Waals surface area contributed by atoms with Crippen molar-refractivity contribution >= 4 is 9.84 Å². The van der Waals surface area contributed by atoms with E-state index < -0.39 is 9.84 Å². The van der Waals surface area contributed by atoms with Crippen LogP contribution in [-0.4, -0.2) is 45.5 Å². The van der Waals surface area contributed by atoms with Gasteiger partial charge in [0, 0.05) is 25.4 Å². The van der Waals surface area contributed by atoms with E-state index >= 15 is 0 Å². The second-order valence-electron chi connectivity index (χ2n) is 5.15. The Morgan fingerprint density at radius 2 is 1.95 bits per heavy atom. The molecule has 108 valence electrons. The van der Waals surface area contributed by atoms with Gasteiger partial charge < -0.3 is 5.73 Å². The Kier molecular flexibility index (Phi) is 5.52. The lowest BCUT2D eigenvalue weighted by Gasteiger charge is -2.28. The zero-order chi connectivity index (χ0) is 14.6. The van der Waals surface area contributed by atoms with Gasteiger partial charge in [-0.25, -0.2) is 8.42 Å². The highest BCUT2D eigenvalue weighted by Crippen LogP contribution is 2.23. The molecule has 2 N–H and O–H groups in total. The van der Waals surface area contributed by atoms with Gasteiger partial charge in [0.25, 0.3) is 0 Å². The first-order valence-electron chi connectivity index (χ1n) is 6.40. The van der Waals surface area contributed by atoms with Crippen molar-refractivity contribution < 1.29 is 8.42 Å². The molecule has 19 heavy (non-hydrogen) atoms. The summed E-state index contributed by atoms with van der Waals surface area (Å²) in [5.74, 6) is 0.158. The molecular formula is C14H24N2O2S. The lowest BCUT2D eigenvalue weighted by Crippen LogP contribution is -2.34. The van der Waals surface area contributed by atoms with Gasteiger partial charge >= 0.3 is 0 Å². The van der Waals surface area contributed by atoms with Gasteiger partial charge in [-0.1, -0.05) is 18.2 Å². The van der Waals surface area contributed by atoms with Gasteiger partial charge in [0.2, 0.25) is 0 Å². The van der Waals surface area contributed by atoms with Gasteiger partial charge in [0.05, 0.1) is 5.75 Å². The fourth-order valence-corrected chi connectivity index (χ4v) is 2.76. The third-order valence-corrected chi connectivity index (χ3v) is 4.50. The molecule has 0 fully saturated rings.